The minimum atomic E-state index is -1.09. The van der Waals surface area contributed by atoms with Crippen LogP contribution in [0.4, 0.5) is 4.79 Å². The molecule has 1 N–H and O–H groups in total. The van der Waals surface area contributed by atoms with E-state index in [2.05, 4.69) is 17.1 Å². The predicted octanol–water partition coefficient (Wildman–Crippen LogP) is 3.92. The first-order valence-corrected chi connectivity index (χ1v) is 9.34. The van der Waals surface area contributed by atoms with E-state index in [1.165, 1.54) is 4.90 Å². The third kappa shape index (κ3) is 3.96. The van der Waals surface area contributed by atoms with Crippen LogP contribution in [0.3, 0.4) is 0 Å². The SMILES string of the molecule is O=C(O)CN(Cc1ccncc1)C(=O)OCC1c2ccccc2-c2ccccc21. The molecule has 0 saturated carbocycles. The molecule has 0 spiro atoms. The first-order valence-electron chi connectivity index (χ1n) is 9.34. The average molecular weight is 388 g/mol. The third-order valence-corrected chi connectivity index (χ3v) is 5.04. The van der Waals surface area contributed by atoms with Gasteiger partial charge < -0.3 is 9.84 Å². The molecule has 4 rings (SSSR count). The number of amides is 1. The molecule has 1 heterocycles. The summed E-state index contributed by atoms with van der Waals surface area (Å²) >= 11 is 0. The van der Waals surface area contributed by atoms with Gasteiger partial charge >= 0.3 is 12.1 Å². The molecule has 0 bridgehead atoms. The zero-order valence-electron chi connectivity index (χ0n) is 15.7. The molecule has 2 aromatic carbocycles. The maximum Gasteiger partial charge on any atom is 0.410 e. The minimum Gasteiger partial charge on any atom is -0.480 e. The highest BCUT2D eigenvalue weighted by Crippen LogP contribution is 2.44. The van der Waals surface area contributed by atoms with Gasteiger partial charge in [0.25, 0.3) is 0 Å². The summed E-state index contributed by atoms with van der Waals surface area (Å²) in [6.45, 7) is -0.135. The van der Waals surface area contributed by atoms with Crippen LogP contribution in [0.2, 0.25) is 0 Å². The molecule has 0 aliphatic heterocycles. The highest BCUT2D eigenvalue weighted by molar-refractivity contribution is 5.79. The Balaban J connectivity index is 1.51. The summed E-state index contributed by atoms with van der Waals surface area (Å²) in [7, 11) is 0. The smallest absolute Gasteiger partial charge is 0.410 e. The van der Waals surface area contributed by atoms with E-state index >= 15 is 0 Å². The highest BCUT2D eigenvalue weighted by atomic mass is 16.6. The van der Waals surface area contributed by atoms with E-state index < -0.39 is 18.6 Å². The van der Waals surface area contributed by atoms with Crippen LogP contribution in [0.15, 0.2) is 73.1 Å². The summed E-state index contributed by atoms with van der Waals surface area (Å²) in [6, 6.07) is 19.6. The van der Waals surface area contributed by atoms with Gasteiger partial charge in [0.05, 0.1) is 0 Å². The molecular weight excluding hydrogens is 368 g/mol. The summed E-state index contributed by atoms with van der Waals surface area (Å²) < 4.78 is 5.58. The fraction of sp³-hybridized carbons (Fsp3) is 0.174. The minimum absolute atomic E-state index is 0.0704. The van der Waals surface area contributed by atoms with Crippen molar-refractivity contribution >= 4 is 12.1 Å². The Hall–Kier alpha value is -3.67. The number of carbonyl (C=O) groups is 2. The molecule has 0 unspecified atom stereocenters. The molecule has 0 radical (unpaired) electrons. The van der Waals surface area contributed by atoms with Gasteiger partial charge in [-0.25, -0.2) is 4.79 Å². The van der Waals surface area contributed by atoms with Crippen molar-refractivity contribution in [2.24, 2.45) is 0 Å². The summed E-state index contributed by atoms with van der Waals surface area (Å²) in [5.41, 5.74) is 5.29. The number of benzene rings is 2. The van der Waals surface area contributed by atoms with Gasteiger partial charge in [-0.05, 0) is 39.9 Å². The summed E-state index contributed by atoms with van der Waals surface area (Å²) in [5.74, 6) is -1.16. The number of fused-ring (bicyclic) bond motifs is 3. The second-order valence-corrected chi connectivity index (χ2v) is 6.91. The predicted molar refractivity (Wildman–Crippen MR) is 107 cm³/mol. The van der Waals surface area contributed by atoms with Crippen LogP contribution in [0.5, 0.6) is 0 Å². The van der Waals surface area contributed by atoms with Crippen molar-refractivity contribution in [3.8, 4) is 11.1 Å². The molecule has 6 nitrogen and oxygen atoms in total. The number of hydrogen-bond donors (Lipinski definition) is 1. The second-order valence-electron chi connectivity index (χ2n) is 6.91. The van der Waals surface area contributed by atoms with Crippen LogP contribution in [-0.4, -0.2) is 40.2 Å². The molecule has 146 valence electrons. The number of pyridine rings is 1. The molecule has 0 atom stereocenters. The Kier molecular flexibility index (Phi) is 5.24. The molecule has 1 aromatic heterocycles. The van der Waals surface area contributed by atoms with Gasteiger partial charge in [0.1, 0.15) is 13.2 Å². The maximum absolute atomic E-state index is 12.7. The van der Waals surface area contributed by atoms with Gasteiger partial charge in [0.2, 0.25) is 0 Å². The molecular formula is C23H20N2O4. The third-order valence-electron chi connectivity index (χ3n) is 5.04. The molecule has 0 fully saturated rings. The van der Waals surface area contributed by atoms with Crippen LogP contribution in [0.1, 0.15) is 22.6 Å². The van der Waals surface area contributed by atoms with Gasteiger partial charge in [-0.15, -0.1) is 0 Å². The zero-order valence-corrected chi connectivity index (χ0v) is 15.7. The molecule has 0 saturated heterocycles. The Labute approximate surface area is 168 Å². The van der Waals surface area contributed by atoms with Crippen LogP contribution in [0.25, 0.3) is 11.1 Å². The fourth-order valence-corrected chi connectivity index (χ4v) is 3.74. The van der Waals surface area contributed by atoms with Crippen molar-refractivity contribution in [1.29, 1.82) is 0 Å². The van der Waals surface area contributed by atoms with Gasteiger partial charge in [-0.1, -0.05) is 48.5 Å². The van der Waals surface area contributed by atoms with Crippen molar-refractivity contribution in [1.82, 2.24) is 9.88 Å². The molecule has 3 aromatic rings. The monoisotopic (exact) mass is 388 g/mol. The summed E-state index contributed by atoms with van der Waals surface area (Å²) in [4.78, 5) is 29.0. The topological polar surface area (TPSA) is 79.7 Å². The number of carboxylic acids is 1. The van der Waals surface area contributed by atoms with Gasteiger partial charge in [-0.3, -0.25) is 14.7 Å². The zero-order chi connectivity index (χ0) is 20.2. The van der Waals surface area contributed by atoms with Crippen LogP contribution >= 0.6 is 0 Å². The number of hydrogen-bond acceptors (Lipinski definition) is 4. The lowest BCUT2D eigenvalue weighted by molar-refractivity contribution is -0.138. The number of nitrogens with zero attached hydrogens (tertiary/aromatic N) is 2. The normalized spacial score (nSPS) is 12.1. The Morgan fingerprint density at radius 2 is 1.52 bits per heavy atom. The molecule has 1 aliphatic carbocycles. The van der Waals surface area contributed by atoms with Crippen molar-refractivity contribution < 1.29 is 19.4 Å². The second kappa shape index (κ2) is 8.14. The Morgan fingerprint density at radius 3 is 2.10 bits per heavy atom. The molecule has 29 heavy (non-hydrogen) atoms. The van der Waals surface area contributed by atoms with E-state index in [9.17, 15) is 14.7 Å². The number of aromatic nitrogens is 1. The van der Waals surface area contributed by atoms with Gasteiger partial charge in [-0.2, -0.15) is 0 Å². The van der Waals surface area contributed by atoms with E-state index in [0.29, 0.717) is 0 Å². The average Bonchev–Trinajstić information content (AvgIpc) is 3.06. The van der Waals surface area contributed by atoms with E-state index in [1.807, 2.05) is 36.4 Å². The summed E-state index contributed by atoms with van der Waals surface area (Å²) in [5, 5.41) is 9.19. The van der Waals surface area contributed by atoms with E-state index in [0.717, 1.165) is 27.8 Å². The number of ether oxygens (including phenoxy) is 1. The van der Waals surface area contributed by atoms with E-state index in [-0.39, 0.29) is 19.1 Å². The Bertz CT molecular complexity index is 990. The lowest BCUT2D eigenvalue weighted by Crippen LogP contribution is -2.36. The van der Waals surface area contributed by atoms with Gasteiger partial charge in [0, 0.05) is 24.9 Å². The van der Waals surface area contributed by atoms with Crippen LogP contribution < -0.4 is 0 Å². The first kappa shape index (κ1) is 18.7. The quantitative estimate of drug-likeness (QED) is 0.692. The van der Waals surface area contributed by atoms with Crippen molar-refractivity contribution in [2.45, 2.75) is 12.5 Å². The van der Waals surface area contributed by atoms with Crippen LogP contribution in [-0.2, 0) is 16.1 Å². The maximum atomic E-state index is 12.7. The standard InChI is InChI=1S/C23H20N2O4/c26-22(27)14-25(13-16-9-11-24-12-10-16)23(28)29-15-21-19-7-3-1-5-17(19)18-6-2-4-8-20(18)21/h1-12,21H,13-15H2,(H,26,27). The molecule has 6 heteroatoms. The summed E-state index contributed by atoms with van der Waals surface area (Å²) in [6.07, 6.45) is 2.56. The lowest BCUT2D eigenvalue weighted by Gasteiger charge is -2.22. The highest BCUT2D eigenvalue weighted by Gasteiger charge is 2.30. The first-order chi connectivity index (χ1) is 14.1. The van der Waals surface area contributed by atoms with E-state index in [1.54, 1.807) is 24.5 Å². The van der Waals surface area contributed by atoms with Crippen LogP contribution in [0, 0.1) is 0 Å². The number of aliphatic carboxylic acids is 1. The largest absolute Gasteiger partial charge is 0.480 e. The Morgan fingerprint density at radius 1 is 0.931 bits per heavy atom. The number of carbonyl (C=O) groups excluding carboxylic acids is 1. The fourth-order valence-electron chi connectivity index (χ4n) is 3.74. The van der Waals surface area contributed by atoms with Gasteiger partial charge in [0.15, 0.2) is 0 Å². The molecule has 1 amide bonds. The number of carboxylic acid groups (broad SMARTS) is 1. The van der Waals surface area contributed by atoms with Crippen molar-refractivity contribution in [2.75, 3.05) is 13.2 Å². The van der Waals surface area contributed by atoms with Crippen molar-refractivity contribution in [3.05, 3.63) is 89.7 Å². The molecule has 1 aliphatic rings. The lowest BCUT2D eigenvalue weighted by atomic mass is 9.98. The van der Waals surface area contributed by atoms with E-state index in [4.69, 9.17) is 4.74 Å². The number of rotatable bonds is 6. The van der Waals surface area contributed by atoms with Crippen molar-refractivity contribution in [3.63, 3.8) is 0 Å².